The van der Waals surface area contributed by atoms with Gasteiger partial charge in [0.1, 0.15) is 5.82 Å². The second-order valence-corrected chi connectivity index (χ2v) is 6.55. The zero-order chi connectivity index (χ0) is 19.2. The summed E-state index contributed by atoms with van der Waals surface area (Å²) in [4.78, 5) is 27.3. The van der Waals surface area contributed by atoms with E-state index in [0.717, 1.165) is 22.6 Å². The highest BCUT2D eigenvalue weighted by Crippen LogP contribution is 2.24. The molecule has 0 aliphatic heterocycles. The molecular weight excluding hydrogens is 338 g/mol. The van der Waals surface area contributed by atoms with Crippen LogP contribution in [0.15, 0.2) is 60.9 Å². The van der Waals surface area contributed by atoms with E-state index in [1.165, 1.54) is 6.92 Å². The number of nitrogens with one attached hydrogen (secondary N) is 1. The number of carbonyl (C=O) groups excluding carboxylic acids is 1. The fraction of sp³-hybridized carbons (Fsp3) is 0.238. The van der Waals surface area contributed by atoms with Crippen molar-refractivity contribution >= 4 is 11.7 Å². The molecule has 0 spiro atoms. The predicted molar refractivity (Wildman–Crippen MR) is 106 cm³/mol. The van der Waals surface area contributed by atoms with Crippen molar-refractivity contribution in [3.63, 3.8) is 0 Å². The summed E-state index contributed by atoms with van der Waals surface area (Å²) in [6.07, 6.45) is 4.11. The standard InChI is InChI=1S/C21H23N5O/c1-15(27)23-18(12-16-8-5-4-6-9-16)19-13-20(26(2)3)25-21(24-19)17-10-7-11-22-14-17/h4-11,13-14,18H,12H2,1-3H3,(H,23,27)/t18-/m0/s1. The van der Waals surface area contributed by atoms with Crippen LogP contribution in [0.1, 0.15) is 24.2 Å². The van der Waals surface area contributed by atoms with Gasteiger partial charge in [-0.3, -0.25) is 9.78 Å². The number of hydrogen-bond donors (Lipinski definition) is 1. The van der Waals surface area contributed by atoms with Crippen LogP contribution in [-0.4, -0.2) is 35.0 Å². The molecule has 0 fully saturated rings. The molecule has 2 heterocycles. The van der Waals surface area contributed by atoms with Crippen LogP contribution in [0.2, 0.25) is 0 Å². The van der Waals surface area contributed by atoms with Crippen LogP contribution in [-0.2, 0) is 11.2 Å². The lowest BCUT2D eigenvalue weighted by molar-refractivity contribution is -0.119. The summed E-state index contributed by atoms with van der Waals surface area (Å²) in [5.41, 5.74) is 2.74. The number of amides is 1. The Kier molecular flexibility index (Phi) is 5.76. The second-order valence-electron chi connectivity index (χ2n) is 6.55. The zero-order valence-electron chi connectivity index (χ0n) is 15.8. The largest absolute Gasteiger partial charge is 0.363 e. The van der Waals surface area contributed by atoms with Gasteiger partial charge in [-0.15, -0.1) is 0 Å². The molecule has 3 aromatic rings. The van der Waals surface area contributed by atoms with Gasteiger partial charge < -0.3 is 10.2 Å². The quantitative estimate of drug-likeness (QED) is 0.731. The van der Waals surface area contributed by atoms with Gasteiger partial charge in [-0.25, -0.2) is 9.97 Å². The minimum atomic E-state index is -0.248. The van der Waals surface area contributed by atoms with Crippen LogP contribution < -0.4 is 10.2 Å². The maximum absolute atomic E-state index is 11.8. The van der Waals surface area contributed by atoms with Gasteiger partial charge >= 0.3 is 0 Å². The highest BCUT2D eigenvalue weighted by atomic mass is 16.1. The van der Waals surface area contributed by atoms with Crippen molar-refractivity contribution < 1.29 is 4.79 Å². The Bertz CT molecular complexity index is 897. The van der Waals surface area contributed by atoms with Crippen LogP contribution >= 0.6 is 0 Å². The Labute approximate surface area is 159 Å². The van der Waals surface area contributed by atoms with Crippen molar-refractivity contribution in [3.8, 4) is 11.4 Å². The molecule has 3 rings (SSSR count). The molecule has 1 amide bonds. The first-order chi connectivity index (χ1) is 13.0. The first-order valence-electron chi connectivity index (χ1n) is 8.80. The Morgan fingerprint density at radius 1 is 1.11 bits per heavy atom. The molecule has 6 heteroatoms. The molecule has 138 valence electrons. The van der Waals surface area contributed by atoms with Gasteiger partial charge in [0.2, 0.25) is 5.91 Å². The first-order valence-corrected chi connectivity index (χ1v) is 8.80. The number of carbonyl (C=O) groups is 1. The van der Waals surface area contributed by atoms with Crippen molar-refractivity contribution in [3.05, 3.63) is 72.2 Å². The lowest BCUT2D eigenvalue weighted by Gasteiger charge is -2.21. The van der Waals surface area contributed by atoms with Crippen molar-refractivity contribution in [1.29, 1.82) is 0 Å². The van der Waals surface area contributed by atoms with E-state index < -0.39 is 0 Å². The fourth-order valence-corrected chi connectivity index (χ4v) is 2.81. The van der Waals surface area contributed by atoms with E-state index in [9.17, 15) is 4.79 Å². The summed E-state index contributed by atoms with van der Waals surface area (Å²) in [7, 11) is 3.87. The second kappa shape index (κ2) is 8.40. The number of nitrogens with zero attached hydrogens (tertiary/aromatic N) is 4. The molecule has 0 saturated heterocycles. The van der Waals surface area contributed by atoms with Crippen LogP contribution in [0.5, 0.6) is 0 Å². The average Bonchev–Trinajstić information content (AvgIpc) is 2.68. The third kappa shape index (κ3) is 4.88. The van der Waals surface area contributed by atoms with Crippen molar-refractivity contribution in [2.75, 3.05) is 19.0 Å². The minimum absolute atomic E-state index is 0.0936. The van der Waals surface area contributed by atoms with Crippen LogP contribution in [0.4, 0.5) is 5.82 Å². The van der Waals surface area contributed by atoms with Crippen LogP contribution in [0.25, 0.3) is 11.4 Å². The highest BCUT2D eigenvalue weighted by Gasteiger charge is 2.18. The number of pyridine rings is 1. The number of anilines is 1. The molecule has 1 N–H and O–H groups in total. The zero-order valence-corrected chi connectivity index (χ0v) is 15.8. The van der Waals surface area contributed by atoms with E-state index in [1.807, 2.05) is 67.5 Å². The summed E-state index contributed by atoms with van der Waals surface area (Å²) < 4.78 is 0. The van der Waals surface area contributed by atoms with E-state index in [4.69, 9.17) is 4.98 Å². The molecule has 0 unspecified atom stereocenters. The number of hydrogen-bond acceptors (Lipinski definition) is 5. The number of aromatic nitrogens is 3. The topological polar surface area (TPSA) is 71.0 Å². The summed E-state index contributed by atoms with van der Waals surface area (Å²) in [6, 6.07) is 15.5. The Hall–Kier alpha value is -3.28. The van der Waals surface area contributed by atoms with Gasteiger partial charge in [0.15, 0.2) is 5.82 Å². The molecular formula is C21H23N5O. The summed E-state index contributed by atoms with van der Waals surface area (Å²) >= 11 is 0. The Balaban J connectivity index is 2.04. The fourth-order valence-electron chi connectivity index (χ4n) is 2.81. The summed E-state index contributed by atoms with van der Waals surface area (Å²) in [5.74, 6) is 1.28. The van der Waals surface area contributed by atoms with Gasteiger partial charge in [-0.05, 0) is 24.1 Å². The Morgan fingerprint density at radius 3 is 2.52 bits per heavy atom. The van der Waals surface area contributed by atoms with Crippen molar-refractivity contribution in [2.45, 2.75) is 19.4 Å². The maximum atomic E-state index is 11.8. The molecule has 2 aromatic heterocycles. The average molecular weight is 361 g/mol. The van der Waals surface area contributed by atoms with Gasteiger partial charge in [-0.2, -0.15) is 0 Å². The van der Waals surface area contributed by atoms with E-state index in [2.05, 4.69) is 15.3 Å². The normalized spacial score (nSPS) is 11.7. The predicted octanol–water partition coefficient (Wildman–Crippen LogP) is 3.02. The molecule has 0 saturated carbocycles. The lowest BCUT2D eigenvalue weighted by atomic mass is 10.0. The molecule has 0 aliphatic rings. The molecule has 6 nitrogen and oxygen atoms in total. The van der Waals surface area contributed by atoms with Crippen molar-refractivity contribution in [1.82, 2.24) is 20.3 Å². The van der Waals surface area contributed by atoms with Crippen LogP contribution in [0.3, 0.4) is 0 Å². The third-order valence-electron chi connectivity index (χ3n) is 4.13. The summed E-state index contributed by atoms with van der Waals surface area (Å²) in [5, 5.41) is 3.03. The molecule has 0 radical (unpaired) electrons. The smallest absolute Gasteiger partial charge is 0.217 e. The highest BCUT2D eigenvalue weighted by molar-refractivity contribution is 5.73. The lowest BCUT2D eigenvalue weighted by Crippen LogP contribution is -2.29. The van der Waals surface area contributed by atoms with Crippen molar-refractivity contribution in [2.24, 2.45) is 0 Å². The molecule has 1 atom stereocenters. The summed E-state index contributed by atoms with van der Waals surface area (Å²) in [6.45, 7) is 1.52. The van der Waals surface area contributed by atoms with E-state index in [-0.39, 0.29) is 11.9 Å². The maximum Gasteiger partial charge on any atom is 0.217 e. The van der Waals surface area contributed by atoms with E-state index in [0.29, 0.717) is 12.2 Å². The van der Waals surface area contributed by atoms with E-state index in [1.54, 1.807) is 12.4 Å². The SMILES string of the molecule is CC(=O)N[C@@H](Cc1ccccc1)c1cc(N(C)C)nc(-c2cccnc2)n1. The molecule has 0 aliphatic carbocycles. The van der Waals surface area contributed by atoms with Gasteiger partial charge in [0.05, 0.1) is 11.7 Å². The Morgan fingerprint density at radius 2 is 1.89 bits per heavy atom. The van der Waals surface area contributed by atoms with Gasteiger partial charge in [0.25, 0.3) is 0 Å². The van der Waals surface area contributed by atoms with Gasteiger partial charge in [-0.1, -0.05) is 30.3 Å². The number of benzene rings is 1. The monoisotopic (exact) mass is 361 g/mol. The molecule has 1 aromatic carbocycles. The first kappa shape index (κ1) is 18.5. The van der Waals surface area contributed by atoms with Crippen LogP contribution in [0, 0.1) is 0 Å². The van der Waals surface area contributed by atoms with E-state index >= 15 is 0 Å². The van der Waals surface area contributed by atoms with Gasteiger partial charge in [0, 0.05) is 45.0 Å². The third-order valence-corrected chi connectivity index (χ3v) is 4.13. The molecule has 0 bridgehead atoms. The number of rotatable bonds is 6. The molecule has 27 heavy (non-hydrogen) atoms. The minimum Gasteiger partial charge on any atom is -0.363 e.